The van der Waals surface area contributed by atoms with E-state index in [0.717, 1.165) is 0 Å². The van der Waals surface area contributed by atoms with Crippen molar-refractivity contribution < 1.29 is 28.3 Å². The summed E-state index contributed by atoms with van der Waals surface area (Å²) >= 11 is 0. The predicted octanol–water partition coefficient (Wildman–Crippen LogP) is 2.38. The van der Waals surface area contributed by atoms with Gasteiger partial charge >= 0.3 is 5.97 Å². The largest absolute Gasteiger partial charge is 0.482 e. The number of carboxylic acid groups (broad SMARTS) is 1. The van der Waals surface area contributed by atoms with Crippen molar-refractivity contribution in [1.29, 1.82) is 0 Å². The highest BCUT2D eigenvalue weighted by Gasteiger charge is 2.31. The lowest BCUT2D eigenvalue weighted by atomic mass is 10.1. The summed E-state index contributed by atoms with van der Waals surface area (Å²) in [6, 6.07) is 7.18. The monoisotopic (exact) mass is 348 g/mol. The van der Waals surface area contributed by atoms with E-state index < -0.39 is 23.6 Å². The topological polar surface area (TPSA) is 102 Å². The van der Waals surface area contributed by atoms with Crippen LogP contribution in [0, 0.1) is 11.7 Å². The first-order valence-corrected chi connectivity index (χ1v) is 7.89. The maximum Gasteiger partial charge on any atom is 0.306 e. The Morgan fingerprint density at radius 1 is 1.36 bits per heavy atom. The van der Waals surface area contributed by atoms with Gasteiger partial charge in [-0.1, -0.05) is 17.3 Å². The number of hydrogen-bond donors (Lipinski definition) is 2. The van der Waals surface area contributed by atoms with Crippen LogP contribution < -0.4 is 10.1 Å². The van der Waals surface area contributed by atoms with Crippen LogP contribution in [0.4, 0.5) is 4.39 Å². The number of benzene rings is 1. The number of aromatic nitrogens is 1. The van der Waals surface area contributed by atoms with Crippen LogP contribution in [0.15, 0.2) is 34.9 Å². The Kier molecular flexibility index (Phi) is 4.97. The lowest BCUT2D eigenvalue weighted by Crippen LogP contribution is -2.33. The number of ether oxygens (including phenoxy) is 1. The van der Waals surface area contributed by atoms with Gasteiger partial charge in [0, 0.05) is 12.1 Å². The number of hydrogen-bond acceptors (Lipinski definition) is 5. The minimum Gasteiger partial charge on any atom is -0.482 e. The van der Waals surface area contributed by atoms with Crippen LogP contribution in [-0.2, 0) is 11.4 Å². The van der Waals surface area contributed by atoms with Crippen LogP contribution >= 0.6 is 0 Å². The average molecular weight is 348 g/mol. The third-order valence-corrected chi connectivity index (χ3v) is 4.12. The molecule has 1 saturated carbocycles. The quantitative estimate of drug-likeness (QED) is 0.831. The van der Waals surface area contributed by atoms with Gasteiger partial charge in [0.05, 0.1) is 5.92 Å². The zero-order valence-corrected chi connectivity index (χ0v) is 13.3. The van der Waals surface area contributed by atoms with E-state index in [9.17, 15) is 14.0 Å². The molecule has 0 bridgehead atoms. The van der Waals surface area contributed by atoms with Crippen molar-refractivity contribution in [3.63, 3.8) is 0 Å². The molecular weight excluding hydrogens is 331 g/mol. The highest BCUT2D eigenvalue weighted by Crippen LogP contribution is 2.26. The standard InChI is InChI=1S/C17H17FN2O5/c18-13-3-1-2-4-15(13)24-9-12-8-14(20-25-12)16(21)19-11-6-5-10(7-11)17(22)23/h1-4,8,10-11H,5-7,9H2,(H,19,21)(H,22,23)/t10-,11+/m0/s1. The summed E-state index contributed by atoms with van der Waals surface area (Å²) < 4.78 is 23.8. The summed E-state index contributed by atoms with van der Waals surface area (Å²) in [4.78, 5) is 23.1. The highest BCUT2D eigenvalue weighted by molar-refractivity contribution is 5.92. The van der Waals surface area contributed by atoms with Gasteiger partial charge in [-0.25, -0.2) is 4.39 Å². The van der Waals surface area contributed by atoms with Gasteiger partial charge in [-0.3, -0.25) is 9.59 Å². The molecule has 1 aliphatic rings. The van der Waals surface area contributed by atoms with Gasteiger partial charge in [-0.05, 0) is 31.4 Å². The van der Waals surface area contributed by atoms with E-state index in [1.54, 1.807) is 12.1 Å². The normalized spacial score (nSPS) is 19.6. The third-order valence-electron chi connectivity index (χ3n) is 4.12. The molecular formula is C17H17FN2O5. The molecule has 1 heterocycles. The molecule has 3 rings (SSSR count). The van der Waals surface area contributed by atoms with Crippen LogP contribution in [0.2, 0.25) is 0 Å². The number of nitrogens with one attached hydrogen (secondary N) is 1. The van der Waals surface area contributed by atoms with Crippen molar-refractivity contribution >= 4 is 11.9 Å². The molecule has 2 N–H and O–H groups in total. The minimum atomic E-state index is -0.842. The third kappa shape index (κ3) is 4.14. The number of para-hydroxylation sites is 1. The second kappa shape index (κ2) is 7.33. The number of aliphatic carboxylic acids is 1. The SMILES string of the molecule is O=C(N[C@@H]1CC[C@H](C(=O)O)C1)c1cc(COc2ccccc2F)on1. The molecule has 1 fully saturated rings. The number of carbonyl (C=O) groups is 2. The summed E-state index contributed by atoms with van der Waals surface area (Å²) in [7, 11) is 0. The average Bonchev–Trinajstić information content (AvgIpc) is 3.23. The molecule has 1 aliphatic carbocycles. The van der Waals surface area contributed by atoms with Gasteiger partial charge in [0.15, 0.2) is 23.0 Å². The highest BCUT2D eigenvalue weighted by atomic mass is 19.1. The fraction of sp³-hybridized carbons (Fsp3) is 0.353. The molecule has 1 aromatic heterocycles. The number of nitrogens with zero attached hydrogens (tertiary/aromatic N) is 1. The van der Waals surface area contributed by atoms with Crippen LogP contribution in [0.1, 0.15) is 35.5 Å². The van der Waals surface area contributed by atoms with E-state index in [0.29, 0.717) is 19.3 Å². The second-order valence-corrected chi connectivity index (χ2v) is 5.92. The Balaban J connectivity index is 1.53. The molecule has 0 saturated heterocycles. The van der Waals surface area contributed by atoms with E-state index >= 15 is 0 Å². The summed E-state index contributed by atoms with van der Waals surface area (Å²) in [6.07, 6.45) is 1.56. The molecule has 0 unspecified atom stereocenters. The van der Waals surface area contributed by atoms with Gasteiger partial charge in [-0.15, -0.1) is 0 Å². The molecule has 0 aliphatic heterocycles. The van der Waals surface area contributed by atoms with E-state index in [1.165, 1.54) is 18.2 Å². The second-order valence-electron chi connectivity index (χ2n) is 5.92. The Morgan fingerprint density at radius 2 is 2.16 bits per heavy atom. The summed E-state index contributed by atoms with van der Waals surface area (Å²) in [5.74, 6) is -1.83. The first-order chi connectivity index (χ1) is 12.0. The van der Waals surface area contributed by atoms with Crippen LogP contribution in [0.5, 0.6) is 5.75 Å². The van der Waals surface area contributed by atoms with Crippen LogP contribution in [0.3, 0.4) is 0 Å². The molecule has 1 amide bonds. The number of halogens is 1. The van der Waals surface area contributed by atoms with Crippen molar-refractivity contribution in [2.24, 2.45) is 5.92 Å². The van der Waals surface area contributed by atoms with E-state index in [1.807, 2.05) is 0 Å². The smallest absolute Gasteiger partial charge is 0.306 e. The first kappa shape index (κ1) is 16.9. The van der Waals surface area contributed by atoms with Gasteiger partial charge in [-0.2, -0.15) is 0 Å². The first-order valence-electron chi connectivity index (χ1n) is 7.89. The fourth-order valence-corrected chi connectivity index (χ4v) is 2.79. The van der Waals surface area contributed by atoms with Gasteiger partial charge < -0.3 is 19.7 Å². The van der Waals surface area contributed by atoms with Crippen molar-refractivity contribution in [2.45, 2.75) is 31.9 Å². The van der Waals surface area contributed by atoms with Crippen LogP contribution in [0.25, 0.3) is 0 Å². The van der Waals surface area contributed by atoms with Crippen molar-refractivity contribution in [3.05, 3.63) is 47.6 Å². The Labute approximate surface area is 142 Å². The lowest BCUT2D eigenvalue weighted by molar-refractivity contribution is -0.141. The lowest BCUT2D eigenvalue weighted by Gasteiger charge is -2.10. The van der Waals surface area contributed by atoms with E-state index in [-0.39, 0.29) is 29.9 Å². The number of amides is 1. The number of carboxylic acids is 1. The van der Waals surface area contributed by atoms with E-state index in [2.05, 4.69) is 10.5 Å². The maximum atomic E-state index is 13.5. The number of rotatable bonds is 6. The molecule has 7 nitrogen and oxygen atoms in total. The number of carbonyl (C=O) groups excluding carboxylic acids is 1. The molecule has 0 radical (unpaired) electrons. The summed E-state index contributed by atoms with van der Waals surface area (Å²) in [5, 5.41) is 15.4. The van der Waals surface area contributed by atoms with Crippen molar-refractivity contribution in [3.8, 4) is 5.75 Å². The molecule has 132 valence electrons. The van der Waals surface area contributed by atoms with E-state index in [4.69, 9.17) is 14.4 Å². The fourth-order valence-electron chi connectivity index (χ4n) is 2.79. The molecule has 2 atom stereocenters. The predicted molar refractivity (Wildman–Crippen MR) is 83.5 cm³/mol. The Morgan fingerprint density at radius 3 is 2.88 bits per heavy atom. The molecule has 25 heavy (non-hydrogen) atoms. The summed E-state index contributed by atoms with van der Waals surface area (Å²) in [6.45, 7) is -0.0638. The van der Waals surface area contributed by atoms with Crippen molar-refractivity contribution in [2.75, 3.05) is 0 Å². The van der Waals surface area contributed by atoms with Crippen LogP contribution in [-0.4, -0.2) is 28.2 Å². The molecule has 2 aromatic rings. The van der Waals surface area contributed by atoms with Gasteiger partial charge in [0.25, 0.3) is 5.91 Å². The summed E-state index contributed by atoms with van der Waals surface area (Å²) in [5.41, 5.74) is 0.0749. The van der Waals surface area contributed by atoms with Gasteiger partial charge in [0.1, 0.15) is 6.61 Å². The molecule has 8 heteroatoms. The van der Waals surface area contributed by atoms with Gasteiger partial charge in [0.2, 0.25) is 0 Å². The molecule has 1 aromatic carbocycles. The zero-order valence-electron chi connectivity index (χ0n) is 13.3. The Bertz CT molecular complexity index is 776. The van der Waals surface area contributed by atoms with Crippen molar-refractivity contribution in [1.82, 2.24) is 10.5 Å². The Hall–Kier alpha value is -2.90. The zero-order chi connectivity index (χ0) is 17.8. The maximum absolute atomic E-state index is 13.5. The molecule has 0 spiro atoms. The minimum absolute atomic E-state index is 0.0638.